The van der Waals surface area contributed by atoms with Gasteiger partial charge in [0.15, 0.2) is 11.5 Å². The molecule has 1 amide bonds. The summed E-state index contributed by atoms with van der Waals surface area (Å²) in [5, 5.41) is 14.1. The number of methoxy groups -OCH3 is 1. The highest BCUT2D eigenvalue weighted by Gasteiger charge is 2.16. The van der Waals surface area contributed by atoms with E-state index in [1.807, 2.05) is 32.0 Å². The van der Waals surface area contributed by atoms with Gasteiger partial charge in [0.25, 0.3) is 5.91 Å². The Morgan fingerprint density at radius 1 is 1.30 bits per heavy atom. The number of ether oxygens (including phenoxy) is 2. The highest BCUT2D eigenvalue weighted by molar-refractivity contribution is 9.10. The predicted molar refractivity (Wildman–Crippen MR) is 104 cm³/mol. The van der Waals surface area contributed by atoms with E-state index in [2.05, 4.69) is 36.8 Å². The number of hydrogen-bond donors (Lipinski definition) is 1. The van der Waals surface area contributed by atoms with Gasteiger partial charge < -0.3 is 14.8 Å². The van der Waals surface area contributed by atoms with Gasteiger partial charge in [0.1, 0.15) is 6.33 Å². The van der Waals surface area contributed by atoms with Crippen molar-refractivity contribution in [3.8, 4) is 17.2 Å². The monoisotopic (exact) mass is 431 g/mol. The molecule has 0 unspecified atom stereocenters. The number of halogens is 1. The van der Waals surface area contributed by atoms with Gasteiger partial charge >= 0.3 is 0 Å². The summed E-state index contributed by atoms with van der Waals surface area (Å²) in [5.41, 5.74) is 2.82. The summed E-state index contributed by atoms with van der Waals surface area (Å²) >= 11 is 3.43. The number of tetrazole rings is 1. The van der Waals surface area contributed by atoms with Gasteiger partial charge in [-0.05, 0) is 70.0 Å². The van der Waals surface area contributed by atoms with Crippen molar-refractivity contribution >= 4 is 27.5 Å². The van der Waals surface area contributed by atoms with Gasteiger partial charge in [-0.3, -0.25) is 4.79 Å². The second kappa shape index (κ2) is 8.17. The van der Waals surface area contributed by atoms with Gasteiger partial charge in [0, 0.05) is 11.3 Å². The number of amides is 1. The van der Waals surface area contributed by atoms with Gasteiger partial charge in [-0.1, -0.05) is 6.07 Å². The lowest BCUT2D eigenvalue weighted by molar-refractivity contribution is 0.102. The quantitative estimate of drug-likeness (QED) is 0.642. The molecule has 0 aliphatic rings. The number of aromatic nitrogens is 4. The minimum atomic E-state index is -0.274. The second-order valence-electron chi connectivity index (χ2n) is 5.63. The fourth-order valence-corrected chi connectivity index (χ4v) is 3.10. The van der Waals surface area contributed by atoms with Crippen molar-refractivity contribution in [2.24, 2.45) is 0 Å². The third kappa shape index (κ3) is 4.08. The Morgan fingerprint density at radius 2 is 2.11 bits per heavy atom. The fourth-order valence-electron chi connectivity index (χ4n) is 2.54. The maximum absolute atomic E-state index is 12.7. The molecule has 3 rings (SSSR count). The van der Waals surface area contributed by atoms with Crippen molar-refractivity contribution in [2.75, 3.05) is 19.0 Å². The van der Waals surface area contributed by atoms with Crippen molar-refractivity contribution in [2.45, 2.75) is 13.8 Å². The van der Waals surface area contributed by atoms with Crippen LogP contribution in [0.2, 0.25) is 0 Å². The molecule has 2 aromatic carbocycles. The lowest BCUT2D eigenvalue weighted by Gasteiger charge is -2.14. The number of carbonyl (C=O) groups excluding carboxylic acids is 1. The minimum absolute atomic E-state index is 0.274. The van der Waals surface area contributed by atoms with Crippen molar-refractivity contribution < 1.29 is 14.3 Å². The van der Waals surface area contributed by atoms with Crippen molar-refractivity contribution in [1.82, 2.24) is 20.2 Å². The van der Waals surface area contributed by atoms with Crippen LogP contribution in [-0.4, -0.2) is 39.8 Å². The Hall–Kier alpha value is -2.94. The Kier molecular flexibility index (Phi) is 5.70. The molecule has 0 spiro atoms. The number of anilines is 1. The molecule has 1 aromatic heterocycles. The molecule has 27 heavy (non-hydrogen) atoms. The number of hydrogen-bond acceptors (Lipinski definition) is 6. The SMILES string of the molecule is CCOc1c(Br)cc(C(=O)Nc2ccc(C)c(-n3cnnn3)c2)cc1OC. The number of benzene rings is 2. The summed E-state index contributed by atoms with van der Waals surface area (Å²) in [6.07, 6.45) is 1.50. The maximum atomic E-state index is 12.7. The van der Waals surface area contributed by atoms with Crippen LogP contribution in [-0.2, 0) is 0 Å². The lowest BCUT2D eigenvalue weighted by Crippen LogP contribution is -2.13. The molecule has 0 saturated heterocycles. The summed E-state index contributed by atoms with van der Waals surface area (Å²) < 4.78 is 13.1. The van der Waals surface area contributed by atoms with Gasteiger partial charge in [-0.15, -0.1) is 5.10 Å². The third-order valence-corrected chi connectivity index (χ3v) is 4.43. The van der Waals surface area contributed by atoms with Crippen molar-refractivity contribution in [3.05, 3.63) is 52.3 Å². The zero-order chi connectivity index (χ0) is 19.4. The number of nitrogens with one attached hydrogen (secondary N) is 1. The molecule has 140 valence electrons. The number of nitrogens with zero attached hydrogens (tertiary/aromatic N) is 4. The smallest absolute Gasteiger partial charge is 0.255 e. The van der Waals surface area contributed by atoms with Crippen LogP contribution in [0.25, 0.3) is 5.69 Å². The van der Waals surface area contributed by atoms with Gasteiger partial charge in [0.2, 0.25) is 0 Å². The summed E-state index contributed by atoms with van der Waals surface area (Å²) in [4.78, 5) is 12.7. The van der Waals surface area contributed by atoms with Crippen LogP contribution in [0.5, 0.6) is 11.5 Å². The molecule has 3 aromatic rings. The van der Waals surface area contributed by atoms with Crippen LogP contribution < -0.4 is 14.8 Å². The Balaban J connectivity index is 1.88. The summed E-state index contributed by atoms with van der Waals surface area (Å²) in [7, 11) is 1.53. The first-order valence-corrected chi connectivity index (χ1v) is 8.98. The Bertz CT molecular complexity index is 960. The zero-order valence-corrected chi connectivity index (χ0v) is 16.6. The fraction of sp³-hybridized carbons (Fsp3) is 0.222. The van der Waals surface area contributed by atoms with E-state index in [9.17, 15) is 4.79 Å². The van der Waals surface area contributed by atoms with E-state index >= 15 is 0 Å². The van der Waals surface area contributed by atoms with E-state index < -0.39 is 0 Å². The van der Waals surface area contributed by atoms with Crippen LogP contribution in [0.1, 0.15) is 22.8 Å². The first kappa shape index (κ1) is 18.8. The van der Waals surface area contributed by atoms with E-state index in [4.69, 9.17) is 9.47 Å². The standard InChI is InChI=1S/C18H18BrN5O3/c1-4-27-17-14(19)7-12(8-16(17)26-3)18(25)21-13-6-5-11(2)15(9-13)24-10-20-22-23-24/h5-10H,4H2,1-3H3,(H,21,25). The Labute approximate surface area is 164 Å². The first-order chi connectivity index (χ1) is 13.0. The van der Waals surface area contributed by atoms with Gasteiger partial charge in [0.05, 0.1) is 23.9 Å². The highest BCUT2D eigenvalue weighted by atomic mass is 79.9. The van der Waals surface area contributed by atoms with Crippen LogP contribution in [0.4, 0.5) is 5.69 Å². The second-order valence-corrected chi connectivity index (χ2v) is 6.49. The van der Waals surface area contributed by atoms with Crippen LogP contribution in [0.15, 0.2) is 41.1 Å². The molecule has 0 radical (unpaired) electrons. The first-order valence-electron chi connectivity index (χ1n) is 8.19. The molecule has 1 heterocycles. The molecule has 0 aliphatic carbocycles. The molecule has 0 atom stereocenters. The van der Waals surface area contributed by atoms with E-state index in [1.54, 1.807) is 16.8 Å². The molecular weight excluding hydrogens is 414 g/mol. The largest absolute Gasteiger partial charge is 0.493 e. The number of rotatable bonds is 6. The highest BCUT2D eigenvalue weighted by Crippen LogP contribution is 2.36. The zero-order valence-electron chi connectivity index (χ0n) is 15.1. The van der Waals surface area contributed by atoms with E-state index in [-0.39, 0.29) is 5.91 Å². The van der Waals surface area contributed by atoms with E-state index in [0.717, 1.165) is 11.3 Å². The molecule has 8 nitrogen and oxygen atoms in total. The van der Waals surface area contributed by atoms with Gasteiger partial charge in [-0.25, -0.2) is 4.68 Å². The van der Waals surface area contributed by atoms with Crippen LogP contribution in [0.3, 0.4) is 0 Å². The molecular formula is C18H18BrN5O3. The number of carbonyl (C=O) groups is 1. The van der Waals surface area contributed by atoms with Crippen molar-refractivity contribution in [1.29, 1.82) is 0 Å². The lowest BCUT2D eigenvalue weighted by atomic mass is 10.1. The summed E-state index contributed by atoms with van der Waals surface area (Å²) in [5.74, 6) is 0.770. The normalized spacial score (nSPS) is 10.5. The summed E-state index contributed by atoms with van der Waals surface area (Å²) in [6, 6.07) is 8.86. The molecule has 0 aliphatic heterocycles. The minimum Gasteiger partial charge on any atom is -0.493 e. The predicted octanol–water partition coefficient (Wildman–Crippen LogP) is 3.39. The number of aryl methyl sites for hydroxylation is 1. The van der Waals surface area contributed by atoms with Crippen LogP contribution >= 0.6 is 15.9 Å². The summed E-state index contributed by atoms with van der Waals surface area (Å²) in [6.45, 7) is 4.31. The molecule has 0 bridgehead atoms. The van der Waals surface area contributed by atoms with E-state index in [0.29, 0.717) is 33.8 Å². The third-order valence-electron chi connectivity index (χ3n) is 3.84. The molecule has 9 heteroatoms. The maximum Gasteiger partial charge on any atom is 0.255 e. The molecule has 0 fully saturated rings. The average molecular weight is 432 g/mol. The molecule has 0 saturated carbocycles. The van der Waals surface area contributed by atoms with E-state index in [1.165, 1.54) is 13.4 Å². The molecule has 1 N–H and O–H groups in total. The Morgan fingerprint density at radius 3 is 2.78 bits per heavy atom. The van der Waals surface area contributed by atoms with Gasteiger partial charge in [-0.2, -0.15) is 0 Å². The van der Waals surface area contributed by atoms with Crippen LogP contribution in [0, 0.1) is 6.92 Å². The van der Waals surface area contributed by atoms with Crippen molar-refractivity contribution in [3.63, 3.8) is 0 Å². The average Bonchev–Trinajstić information content (AvgIpc) is 3.19. The topological polar surface area (TPSA) is 91.2 Å².